The lowest BCUT2D eigenvalue weighted by Crippen LogP contribution is -2.08. The minimum absolute atomic E-state index is 0.0307. The van der Waals surface area contributed by atoms with E-state index in [0.29, 0.717) is 6.61 Å². The van der Waals surface area contributed by atoms with E-state index in [2.05, 4.69) is 11.1 Å². The minimum atomic E-state index is -0.0307. The minimum Gasteiger partial charge on any atom is -0.489 e. The van der Waals surface area contributed by atoms with E-state index in [1.165, 1.54) is 0 Å². The summed E-state index contributed by atoms with van der Waals surface area (Å²) in [7, 11) is 0. The van der Waals surface area contributed by atoms with Crippen LogP contribution in [0.5, 0.6) is 5.75 Å². The van der Waals surface area contributed by atoms with Gasteiger partial charge in [-0.1, -0.05) is 18.2 Å². The number of nitrogens with zero attached hydrogens (tertiary/aromatic N) is 1. The van der Waals surface area contributed by atoms with Crippen molar-refractivity contribution in [3.63, 3.8) is 0 Å². The lowest BCUT2D eigenvalue weighted by Gasteiger charge is -2.13. The van der Waals surface area contributed by atoms with Gasteiger partial charge < -0.3 is 10.5 Å². The van der Waals surface area contributed by atoms with Crippen LogP contribution in [0.1, 0.15) is 29.7 Å². The Hall–Kier alpha value is -1.87. The number of hydrogen-bond donors (Lipinski definition) is 1. The third kappa shape index (κ3) is 3.08. The first-order valence-electron chi connectivity index (χ1n) is 6.04. The van der Waals surface area contributed by atoms with E-state index < -0.39 is 0 Å². The van der Waals surface area contributed by atoms with Crippen LogP contribution >= 0.6 is 0 Å². The Bertz CT molecular complexity index is 523. The lowest BCUT2D eigenvalue weighted by atomic mass is 10.1. The van der Waals surface area contributed by atoms with Crippen LogP contribution < -0.4 is 10.5 Å². The number of para-hydroxylation sites is 1. The Morgan fingerprint density at radius 1 is 1.28 bits per heavy atom. The van der Waals surface area contributed by atoms with Gasteiger partial charge in [0.15, 0.2) is 0 Å². The predicted octanol–water partition coefficient (Wildman–Crippen LogP) is 2.99. The highest BCUT2D eigenvalue weighted by molar-refractivity contribution is 5.35. The molecule has 0 spiro atoms. The summed E-state index contributed by atoms with van der Waals surface area (Å²) in [5.41, 5.74) is 9.14. The first-order valence-corrected chi connectivity index (χ1v) is 6.04. The standard InChI is InChI=1S/C15H18N2O/c1-11-7-13(9-17-8-11)10-18-15-6-4-3-5-14(15)12(2)16/h3-9,12H,10,16H2,1-2H3. The second-order valence-corrected chi connectivity index (χ2v) is 4.49. The van der Waals surface area contributed by atoms with Gasteiger partial charge in [0.2, 0.25) is 0 Å². The molecule has 0 bridgehead atoms. The van der Waals surface area contributed by atoms with E-state index >= 15 is 0 Å². The predicted molar refractivity (Wildman–Crippen MR) is 72.4 cm³/mol. The van der Waals surface area contributed by atoms with Crippen molar-refractivity contribution in [3.8, 4) is 5.75 Å². The van der Waals surface area contributed by atoms with Crippen LogP contribution in [0.3, 0.4) is 0 Å². The molecule has 1 aromatic carbocycles. The second-order valence-electron chi connectivity index (χ2n) is 4.49. The molecule has 0 aliphatic rings. The van der Waals surface area contributed by atoms with Crippen molar-refractivity contribution in [1.82, 2.24) is 4.98 Å². The van der Waals surface area contributed by atoms with Gasteiger partial charge in [0.1, 0.15) is 12.4 Å². The lowest BCUT2D eigenvalue weighted by molar-refractivity contribution is 0.301. The second kappa shape index (κ2) is 5.65. The van der Waals surface area contributed by atoms with Crippen molar-refractivity contribution in [2.45, 2.75) is 26.5 Å². The van der Waals surface area contributed by atoms with Gasteiger partial charge in [-0.15, -0.1) is 0 Å². The molecule has 1 unspecified atom stereocenters. The van der Waals surface area contributed by atoms with Crippen molar-refractivity contribution in [2.75, 3.05) is 0 Å². The van der Waals surface area contributed by atoms with Gasteiger partial charge in [0.05, 0.1) is 0 Å². The summed E-state index contributed by atoms with van der Waals surface area (Å²) in [5, 5.41) is 0. The Morgan fingerprint density at radius 2 is 2.06 bits per heavy atom. The van der Waals surface area contributed by atoms with Gasteiger partial charge in [-0.05, 0) is 31.5 Å². The third-order valence-corrected chi connectivity index (χ3v) is 2.74. The first-order chi connectivity index (χ1) is 8.66. The Kier molecular flexibility index (Phi) is 3.95. The molecule has 0 saturated carbocycles. The fourth-order valence-electron chi connectivity index (χ4n) is 1.85. The number of benzene rings is 1. The summed E-state index contributed by atoms with van der Waals surface area (Å²) in [4.78, 5) is 4.15. The Balaban J connectivity index is 2.11. The van der Waals surface area contributed by atoms with E-state index in [-0.39, 0.29) is 6.04 Å². The summed E-state index contributed by atoms with van der Waals surface area (Å²) in [6.45, 7) is 4.49. The molecule has 0 fully saturated rings. The maximum atomic E-state index is 5.92. The molecule has 1 aromatic heterocycles. The van der Waals surface area contributed by atoms with Gasteiger partial charge in [0.25, 0.3) is 0 Å². The zero-order valence-electron chi connectivity index (χ0n) is 10.8. The number of rotatable bonds is 4. The highest BCUT2D eigenvalue weighted by Gasteiger charge is 2.07. The molecular formula is C15H18N2O. The largest absolute Gasteiger partial charge is 0.489 e. The average Bonchev–Trinajstić information content (AvgIpc) is 2.37. The van der Waals surface area contributed by atoms with Gasteiger partial charge in [-0.2, -0.15) is 0 Å². The normalized spacial score (nSPS) is 12.2. The molecule has 1 heterocycles. The van der Waals surface area contributed by atoms with E-state index in [4.69, 9.17) is 10.5 Å². The zero-order chi connectivity index (χ0) is 13.0. The summed E-state index contributed by atoms with van der Waals surface area (Å²) in [5.74, 6) is 0.842. The number of nitrogens with two attached hydrogens (primary N) is 1. The molecule has 1 atom stereocenters. The fourth-order valence-corrected chi connectivity index (χ4v) is 1.85. The van der Waals surface area contributed by atoms with E-state index in [1.807, 2.05) is 50.5 Å². The van der Waals surface area contributed by atoms with Crippen LogP contribution in [0, 0.1) is 6.92 Å². The topological polar surface area (TPSA) is 48.1 Å². The monoisotopic (exact) mass is 242 g/mol. The van der Waals surface area contributed by atoms with Gasteiger partial charge in [-0.25, -0.2) is 0 Å². The highest BCUT2D eigenvalue weighted by Crippen LogP contribution is 2.24. The summed E-state index contributed by atoms with van der Waals surface area (Å²) >= 11 is 0. The van der Waals surface area contributed by atoms with Crippen LogP contribution in [-0.2, 0) is 6.61 Å². The molecule has 0 amide bonds. The van der Waals surface area contributed by atoms with Crippen LogP contribution in [-0.4, -0.2) is 4.98 Å². The summed E-state index contributed by atoms with van der Waals surface area (Å²) < 4.78 is 5.82. The molecule has 0 aliphatic carbocycles. The van der Waals surface area contributed by atoms with Crippen LogP contribution in [0.2, 0.25) is 0 Å². The first kappa shape index (κ1) is 12.6. The van der Waals surface area contributed by atoms with Crippen LogP contribution in [0.25, 0.3) is 0 Å². The van der Waals surface area contributed by atoms with Crippen molar-refractivity contribution < 1.29 is 4.74 Å². The van der Waals surface area contributed by atoms with E-state index in [0.717, 1.165) is 22.4 Å². The molecule has 94 valence electrons. The molecule has 2 rings (SSSR count). The van der Waals surface area contributed by atoms with Crippen molar-refractivity contribution >= 4 is 0 Å². The highest BCUT2D eigenvalue weighted by atomic mass is 16.5. The van der Waals surface area contributed by atoms with Gasteiger partial charge in [0, 0.05) is 29.6 Å². The third-order valence-electron chi connectivity index (χ3n) is 2.74. The molecule has 0 aliphatic heterocycles. The zero-order valence-corrected chi connectivity index (χ0v) is 10.8. The number of hydrogen-bond acceptors (Lipinski definition) is 3. The number of pyridine rings is 1. The van der Waals surface area contributed by atoms with E-state index in [9.17, 15) is 0 Å². The Morgan fingerprint density at radius 3 is 2.78 bits per heavy atom. The molecule has 0 radical (unpaired) electrons. The van der Waals surface area contributed by atoms with Crippen molar-refractivity contribution in [1.29, 1.82) is 0 Å². The number of aromatic nitrogens is 1. The molecule has 0 saturated heterocycles. The maximum absolute atomic E-state index is 5.92. The average molecular weight is 242 g/mol. The van der Waals surface area contributed by atoms with E-state index in [1.54, 1.807) is 0 Å². The molecule has 2 aromatic rings. The van der Waals surface area contributed by atoms with Crippen LogP contribution in [0.4, 0.5) is 0 Å². The van der Waals surface area contributed by atoms with Crippen molar-refractivity contribution in [3.05, 3.63) is 59.4 Å². The summed E-state index contributed by atoms with van der Waals surface area (Å²) in [6.07, 6.45) is 3.65. The van der Waals surface area contributed by atoms with Crippen LogP contribution in [0.15, 0.2) is 42.7 Å². The smallest absolute Gasteiger partial charge is 0.124 e. The Labute approximate surface area is 108 Å². The number of ether oxygens (including phenoxy) is 1. The maximum Gasteiger partial charge on any atom is 0.124 e. The molecule has 18 heavy (non-hydrogen) atoms. The molecule has 2 N–H and O–H groups in total. The quantitative estimate of drug-likeness (QED) is 0.896. The molecule has 3 heteroatoms. The van der Waals surface area contributed by atoms with Gasteiger partial charge in [-0.3, -0.25) is 4.98 Å². The number of aryl methyl sites for hydroxylation is 1. The summed E-state index contributed by atoms with van der Waals surface area (Å²) in [6, 6.07) is 9.91. The molecular weight excluding hydrogens is 224 g/mol. The van der Waals surface area contributed by atoms with Crippen molar-refractivity contribution in [2.24, 2.45) is 5.73 Å². The molecule has 3 nitrogen and oxygen atoms in total. The fraction of sp³-hybridized carbons (Fsp3) is 0.267. The van der Waals surface area contributed by atoms with Gasteiger partial charge >= 0.3 is 0 Å². The SMILES string of the molecule is Cc1cncc(COc2ccccc2C(C)N)c1.